The number of hydrogen-bond donors (Lipinski definition) is 3. The zero-order valence-corrected chi connectivity index (χ0v) is 19.6. The van der Waals surface area contributed by atoms with E-state index in [-0.39, 0.29) is 11.3 Å². The van der Waals surface area contributed by atoms with Gasteiger partial charge < -0.3 is 15.2 Å². The lowest BCUT2D eigenvalue weighted by Gasteiger charge is -2.28. The predicted molar refractivity (Wildman–Crippen MR) is 136 cm³/mol. The van der Waals surface area contributed by atoms with Crippen molar-refractivity contribution in [3.8, 4) is 22.6 Å². The molecule has 0 unspecified atom stereocenters. The second-order valence-electron chi connectivity index (χ2n) is 8.98. The molecule has 0 spiro atoms. The van der Waals surface area contributed by atoms with Gasteiger partial charge in [-0.2, -0.15) is 5.10 Å². The maximum Gasteiger partial charge on any atom is 0.180 e. The minimum atomic E-state index is -0.389. The number of anilines is 1. The van der Waals surface area contributed by atoms with Crippen molar-refractivity contribution < 1.29 is 4.39 Å². The minimum Gasteiger partial charge on any atom is -0.370 e. The molecule has 1 aliphatic heterocycles. The van der Waals surface area contributed by atoms with Crippen LogP contribution in [0.4, 0.5) is 10.1 Å². The summed E-state index contributed by atoms with van der Waals surface area (Å²) in [5.41, 5.74) is 6.20. The first-order valence-electron chi connectivity index (χ1n) is 12.1. The molecule has 1 aromatic carbocycles. The Bertz CT molecular complexity index is 1500. The Hall–Kier alpha value is -3.85. The van der Waals surface area contributed by atoms with Crippen LogP contribution in [0.1, 0.15) is 31.7 Å². The summed E-state index contributed by atoms with van der Waals surface area (Å²) < 4.78 is 15.1. The van der Waals surface area contributed by atoms with Crippen LogP contribution in [0, 0.1) is 5.82 Å². The number of imidazole rings is 1. The third kappa shape index (κ3) is 4.01. The van der Waals surface area contributed by atoms with E-state index < -0.39 is 0 Å². The smallest absolute Gasteiger partial charge is 0.180 e. The van der Waals surface area contributed by atoms with Gasteiger partial charge in [0.05, 0.1) is 5.69 Å². The normalized spacial score (nSPS) is 14.3. The molecule has 6 rings (SSSR count). The van der Waals surface area contributed by atoms with E-state index in [1.807, 2.05) is 24.4 Å². The second kappa shape index (κ2) is 9.07. The average molecular weight is 471 g/mol. The van der Waals surface area contributed by atoms with Gasteiger partial charge in [-0.15, -0.1) is 0 Å². The van der Waals surface area contributed by atoms with Crippen LogP contribution in [0.15, 0.2) is 42.9 Å². The van der Waals surface area contributed by atoms with Gasteiger partial charge >= 0.3 is 0 Å². The van der Waals surface area contributed by atoms with Crippen molar-refractivity contribution in [3.05, 3.63) is 54.2 Å². The molecule has 4 aromatic heterocycles. The number of benzene rings is 1. The number of rotatable bonds is 6. The number of aromatic amines is 2. The summed E-state index contributed by atoms with van der Waals surface area (Å²) in [6.07, 6.45) is 9.01. The number of halogens is 1. The third-order valence-electron chi connectivity index (χ3n) is 6.62. The maximum absolute atomic E-state index is 15.1. The lowest BCUT2D eigenvalue weighted by molar-refractivity contribution is 0.578. The van der Waals surface area contributed by atoms with Crippen molar-refractivity contribution in [1.82, 2.24) is 35.5 Å². The van der Waals surface area contributed by atoms with Gasteiger partial charge in [0.2, 0.25) is 0 Å². The second-order valence-corrected chi connectivity index (χ2v) is 8.98. The summed E-state index contributed by atoms with van der Waals surface area (Å²) in [7, 11) is 0. The van der Waals surface area contributed by atoms with Crippen LogP contribution in [-0.2, 0) is 6.54 Å². The molecule has 0 atom stereocenters. The summed E-state index contributed by atoms with van der Waals surface area (Å²) in [6.45, 7) is 5.69. The standard InChI is InChI=1S/C26H27FN8/c1-2-28-13-16-10-18(15-29-14-16)17-11-19-22(20(27)12-17)33-34-23(19)26-31-24-21(6-7-30-25(24)32-26)35-8-4-3-5-9-35/h6-7,10-12,14-15,28H,2-5,8-9,13H2,1H3,(H,33,34)(H,30,31,32). The quantitative estimate of drug-likeness (QED) is 0.330. The first-order valence-corrected chi connectivity index (χ1v) is 12.1. The molecular formula is C26H27FN8. The highest BCUT2D eigenvalue weighted by molar-refractivity contribution is 5.97. The van der Waals surface area contributed by atoms with E-state index in [1.165, 1.54) is 25.3 Å². The van der Waals surface area contributed by atoms with E-state index in [0.717, 1.165) is 47.5 Å². The minimum absolute atomic E-state index is 0.283. The molecule has 9 heteroatoms. The van der Waals surface area contributed by atoms with Crippen LogP contribution in [-0.4, -0.2) is 49.8 Å². The molecule has 3 N–H and O–H groups in total. The Morgan fingerprint density at radius 3 is 2.83 bits per heavy atom. The lowest BCUT2D eigenvalue weighted by Crippen LogP contribution is -2.29. The highest BCUT2D eigenvalue weighted by Gasteiger charge is 2.20. The Balaban J connectivity index is 1.43. The number of nitrogens with one attached hydrogen (secondary N) is 3. The fraction of sp³-hybridized carbons (Fsp3) is 0.308. The molecule has 0 amide bonds. The summed E-state index contributed by atoms with van der Waals surface area (Å²) in [5.74, 6) is 0.204. The Labute approximate surface area is 202 Å². The van der Waals surface area contributed by atoms with E-state index >= 15 is 4.39 Å². The zero-order chi connectivity index (χ0) is 23.8. The van der Waals surface area contributed by atoms with Crippen LogP contribution in [0.2, 0.25) is 0 Å². The number of hydrogen-bond acceptors (Lipinski definition) is 6. The van der Waals surface area contributed by atoms with Crippen molar-refractivity contribution in [3.63, 3.8) is 0 Å². The maximum atomic E-state index is 15.1. The molecule has 8 nitrogen and oxygen atoms in total. The summed E-state index contributed by atoms with van der Waals surface area (Å²) in [6, 6.07) is 7.52. The number of nitrogens with zero attached hydrogens (tertiary/aromatic N) is 5. The molecule has 0 bridgehead atoms. The highest BCUT2D eigenvalue weighted by atomic mass is 19.1. The van der Waals surface area contributed by atoms with Gasteiger partial charge in [-0.05, 0) is 61.2 Å². The summed E-state index contributed by atoms with van der Waals surface area (Å²) in [5, 5.41) is 11.2. The first kappa shape index (κ1) is 21.7. The lowest BCUT2D eigenvalue weighted by atomic mass is 10.0. The largest absolute Gasteiger partial charge is 0.370 e. The van der Waals surface area contributed by atoms with Gasteiger partial charge in [-0.1, -0.05) is 6.92 Å². The van der Waals surface area contributed by atoms with Crippen LogP contribution in [0.5, 0.6) is 0 Å². The molecule has 0 aliphatic carbocycles. The van der Waals surface area contributed by atoms with Gasteiger partial charge in [0.25, 0.3) is 0 Å². The number of piperidine rings is 1. The van der Waals surface area contributed by atoms with Crippen molar-refractivity contribution in [1.29, 1.82) is 0 Å². The summed E-state index contributed by atoms with van der Waals surface area (Å²) in [4.78, 5) is 19.4. The molecule has 178 valence electrons. The third-order valence-corrected chi connectivity index (χ3v) is 6.62. The molecule has 0 radical (unpaired) electrons. The highest BCUT2D eigenvalue weighted by Crippen LogP contribution is 2.34. The fourth-order valence-corrected chi connectivity index (χ4v) is 4.85. The van der Waals surface area contributed by atoms with E-state index in [9.17, 15) is 0 Å². The molecule has 1 fully saturated rings. The zero-order valence-electron chi connectivity index (χ0n) is 19.6. The van der Waals surface area contributed by atoms with Crippen molar-refractivity contribution in [2.45, 2.75) is 32.7 Å². The van der Waals surface area contributed by atoms with Crippen molar-refractivity contribution in [2.24, 2.45) is 0 Å². The molecule has 1 aliphatic rings. The van der Waals surface area contributed by atoms with E-state index in [2.05, 4.69) is 42.3 Å². The van der Waals surface area contributed by atoms with Gasteiger partial charge in [0, 0.05) is 49.2 Å². The van der Waals surface area contributed by atoms with Gasteiger partial charge in [-0.3, -0.25) is 10.1 Å². The van der Waals surface area contributed by atoms with Gasteiger partial charge in [0.1, 0.15) is 16.7 Å². The number of fused-ring (bicyclic) bond motifs is 2. The van der Waals surface area contributed by atoms with E-state index in [4.69, 9.17) is 4.98 Å². The Morgan fingerprint density at radius 1 is 1.09 bits per heavy atom. The van der Waals surface area contributed by atoms with Gasteiger partial charge in [0.15, 0.2) is 17.3 Å². The van der Waals surface area contributed by atoms with Crippen molar-refractivity contribution in [2.75, 3.05) is 24.5 Å². The van der Waals surface area contributed by atoms with Crippen LogP contribution in [0.25, 0.3) is 44.7 Å². The van der Waals surface area contributed by atoms with E-state index in [0.29, 0.717) is 29.1 Å². The molecule has 1 saturated heterocycles. The molecular weight excluding hydrogens is 443 g/mol. The molecule has 5 aromatic rings. The molecule has 35 heavy (non-hydrogen) atoms. The molecule has 5 heterocycles. The average Bonchev–Trinajstić information content (AvgIpc) is 3.52. The van der Waals surface area contributed by atoms with Crippen LogP contribution < -0.4 is 10.2 Å². The summed E-state index contributed by atoms with van der Waals surface area (Å²) >= 11 is 0. The first-order chi connectivity index (χ1) is 17.2. The fourth-order valence-electron chi connectivity index (χ4n) is 4.85. The van der Waals surface area contributed by atoms with Gasteiger partial charge in [-0.25, -0.2) is 14.4 Å². The topological polar surface area (TPSA) is 98.4 Å². The predicted octanol–water partition coefficient (Wildman–Crippen LogP) is 4.80. The molecule has 0 saturated carbocycles. The van der Waals surface area contributed by atoms with E-state index in [1.54, 1.807) is 12.4 Å². The Morgan fingerprint density at radius 2 is 1.97 bits per heavy atom. The SMILES string of the molecule is CCNCc1cncc(-c2cc(F)c3n[nH]c(-c4nc5nccc(N6CCCCC6)c5[nH]4)c3c2)c1. The number of pyridine rings is 2. The monoisotopic (exact) mass is 470 g/mol. The Kier molecular flexibility index (Phi) is 5.61. The van der Waals surface area contributed by atoms with Crippen LogP contribution >= 0.6 is 0 Å². The number of H-pyrrole nitrogens is 2. The number of aromatic nitrogens is 6. The van der Waals surface area contributed by atoms with Crippen LogP contribution in [0.3, 0.4) is 0 Å². The van der Waals surface area contributed by atoms with Crippen molar-refractivity contribution >= 4 is 27.8 Å².